The lowest BCUT2D eigenvalue weighted by Crippen LogP contribution is -2.11. The molecule has 0 spiro atoms. The van der Waals surface area contributed by atoms with Crippen LogP contribution in [0.2, 0.25) is 0 Å². The fourth-order valence-electron chi connectivity index (χ4n) is 1.13. The van der Waals surface area contributed by atoms with Crippen LogP contribution in [-0.4, -0.2) is 13.2 Å². The Labute approximate surface area is 87.2 Å². The van der Waals surface area contributed by atoms with Gasteiger partial charge in [-0.15, -0.1) is 0 Å². The molecule has 0 saturated heterocycles. The van der Waals surface area contributed by atoms with Crippen LogP contribution >= 0.6 is 15.9 Å². The van der Waals surface area contributed by atoms with Crippen molar-refractivity contribution in [2.75, 3.05) is 13.2 Å². The van der Waals surface area contributed by atoms with Crippen LogP contribution in [0.1, 0.15) is 11.1 Å². The fraction of sp³-hybridized carbons (Fsp3) is 0.400. The molecule has 0 aromatic heterocycles. The van der Waals surface area contributed by atoms with Crippen molar-refractivity contribution >= 4 is 15.9 Å². The summed E-state index contributed by atoms with van der Waals surface area (Å²) in [6.07, 6.45) is 0. The van der Waals surface area contributed by atoms with Crippen molar-refractivity contribution in [1.82, 2.24) is 0 Å². The third-order valence-electron chi connectivity index (χ3n) is 1.91. The number of ether oxygens (including phenoxy) is 1. The largest absolute Gasteiger partial charge is 0.492 e. The van der Waals surface area contributed by atoms with Gasteiger partial charge in [-0.05, 0) is 25.5 Å². The second-order valence-corrected chi connectivity index (χ2v) is 3.75. The van der Waals surface area contributed by atoms with E-state index in [2.05, 4.69) is 22.9 Å². The molecule has 0 aliphatic heterocycles. The molecule has 1 rings (SSSR count). The van der Waals surface area contributed by atoms with Crippen LogP contribution in [0.5, 0.6) is 5.75 Å². The Morgan fingerprint density at radius 2 is 2.08 bits per heavy atom. The van der Waals surface area contributed by atoms with Crippen LogP contribution in [-0.2, 0) is 0 Å². The summed E-state index contributed by atoms with van der Waals surface area (Å²) in [5.74, 6) is 0.905. The Morgan fingerprint density at radius 1 is 1.38 bits per heavy atom. The molecule has 0 saturated carbocycles. The Balaban J connectivity index is 2.90. The summed E-state index contributed by atoms with van der Waals surface area (Å²) >= 11 is 3.51. The van der Waals surface area contributed by atoms with E-state index in [4.69, 9.17) is 10.5 Å². The predicted octanol–water partition coefficient (Wildman–Crippen LogP) is 2.40. The molecule has 0 radical (unpaired) electrons. The monoisotopic (exact) mass is 243 g/mol. The maximum Gasteiger partial charge on any atom is 0.123 e. The first-order valence-electron chi connectivity index (χ1n) is 4.25. The van der Waals surface area contributed by atoms with Gasteiger partial charge >= 0.3 is 0 Å². The van der Waals surface area contributed by atoms with E-state index in [1.54, 1.807) is 0 Å². The summed E-state index contributed by atoms with van der Waals surface area (Å²) in [6, 6.07) is 4.01. The molecule has 0 atom stereocenters. The highest BCUT2D eigenvalue weighted by molar-refractivity contribution is 9.10. The summed E-state index contributed by atoms with van der Waals surface area (Å²) in [5, 5.41) is 0. The van der Waals surface area contributed by atoms with Crippen molar-refractivity contribution in [2.45, 2.75) is 13.8 Å². The van der Waals surface area contributed by atoms with E-state index in [-0.39, 0.29) is 0 Å². The average Bonchev–Trinajstić information content (AvgIpc) is 2.13. The highest BCUT2D eigenvalue weighted by Gasteiger charge is 2.04. The first-order chi connectivity index (χ1) is 6.16. The number of hydrogen-bond acceptors (Lipinski definition) is 2. The summed E-state index contributed by atoms with van der Waals surface area (Å²) < 4.78 is 6.58. The molecule has 0 aliphatic rings. The van der Waals surface area contributed by atoms with Gasteiger partial charge in [0.15, 0.2) is 0 Å². The van der Waals surface area contributed by atoms with Gasteiger partial charge in [0.2, 0.25) is 0 Å². The summed E-state index contributed by atoms with van der Waals surface area (Å²) in [7, 11) is 0. The van der Waals surface area contributed by atoms with E-state index < -0.39 is 0 Å². The molecule has 0 amide bonds. The molecule has 1 aromatic carbocycles. The molecule has 2 N–H and O–H groups in total. The normalized spacial score (nSPS) is 10.2. The smallest absolute Gasteiger partial charge is 0.123 e. The van der Waals surface area contributed by atoms with Crippen LogP contribution in [0.25, 0.3) is 0 Å². The zero-order chi connectivity index (χ0) is 9.84. The second kappa shape index (κ2) is 4.63. The van der Waals surface area contributed by atoms with Crippen molar-refractivity contribution in [1.29, 1.82) is 0 Å². The van der Waals surface area contributed by atoms with Gasteiger partial charge in [0.25, 0.3) is 0 Å². The summed E-state index contributed by atoms with van der Waals surface area (Å²) in [6.45, 7) is 5.20. The number of aryl methyl sites for hydroxylation is 1. The molecule has 72 valence electrons. The molecule has 13 heavy (non-hydrogen) atoms. The molecule has 3 heteroatoms. The molecular weight excluding hydrogens is 230 g/mol. The lowest BCUT2D eigenvalue weighted by atomic mass is 10.1. The van der Waals surface area contributed by atoms with E-state index >= 15 is 0 Å². The minimum atomic E-state index is 0.547. The van der Waals surface area contributed by atoms with Gasteiger partial charge in [-0.2, -0.15) is 0 Å². The van der Waals surface area contributed by atoms with Crippen LogP contribution in [0, 0.1) is 13.8 Å². The van der Waals surface area contributed by atoms with Crippen LogP contribution < -0.4 is 10.5 Å². The van der Waals surface area contributed by atoms with Gasteiger partial charge in [-0.3, -0.25) is 0 Å². The fourth-order valence-corrected chi connectivity index (χ4v) is 1.46. The maximum atomic E-state index is 5.47. The van der Waals surface area contributed by atoms with Crippen molar-refractivity contribution in [3.8, 4) is 5.75 Å². The first kappa shape index (κ1) is 10.5. The zero-order valence-corrected chi connectivity index (χ0v) is 9.52. The number of halogens is 1. The lowest BCUT2D eigenvalue weighted by molar-refractivity contribution is 0.326. The van der Waals surface area contributed by atoms with Gasteiger partial charge in [0.05, 0.1) is 0 Å². The zero-order valence-electron chi connectivity index (χ0n) is 7.93. The predicted molar refractivity (Wildman–Crippen MR) is 58.2 cm³/mol. The lowest BCUT2D eigenvalue weighted by Gasteiger charge is -2.10. The van der Waals surface area contributed by atoms with Gasteiger partial charge in [-0.1, -0.05) is 22.0 Å². The van der Waals surface area contributed by atoms with E-state index in [1.165, 1.54) is 5.56 Å². The van der Waals surface area contributed by atoms with Crippen molar-refractivity contribution in [3.05, 3.63) is 27.7 Å². The maximum absolute atomic E-state index is 5.47. The highest BCUT2D eigenvalue weighted by Crippen LogP contribution is 2.28. The number of benzene rings is 1. The third kappa shape index (κ3) is 2.45. The van der Waals surface area contributed by atoms with Crippen LogP contribution in [0.3, 0.4) is 0 Å². The van der Waals surface area contributed by atoms with E-state index in [1.807, 2.05) is 19.1 Å². The molecule has 0 bridgehead atoms. The molecule has 0 fully saturated rings. The van der Waals surface area contributed by atoms with E-state index in [9.17, 15) is 0 Å². The first-order valence-corrected chi connectivity index (χ1v) is 5.04. The number of rotatable bonds is 3. The van der Waals surface area contributed by atoms with Crippen molar-refractivity contribution < 1.29 is 4.74 Å². The van der Waals surface area contributed by atoms with E-state index in [0.717, 1.165) is 15.8 Å². The van der Waals surface area contributed by atoms with Gasteiger partial charge < -0.3 is 10.5 Å². The van der Waals surface area contributed by atoms with Gasteiger partial charge in [0.1, 0.15) is 12.4 Å². The van der Waals surface area contributed by atoms with E-state index in [0.29, 0.717) is 13.2 Å². The van der Waals surface area contributed by atoms with Gasteiger partial charge in [0, 0.05) is 16.6 Å². The molecule has 0 unspecified atom stereocenters. The summed E-state index contributed by atoms with van der Waals surface area (Å²) in [5.41, 5.74) is 7.71. The molecule has 2 nitrogen and oxygen atoms in total. The van der Waals surface area contributed by atoms with Gasteiger partial charge in [-0.25, -0.2) is 0 Å². The van der Waals surface area contributed by atoms with Crippen molar-refractivity contribution in [3.63, 3.8) is 0 Å². The summed E-state index contributed by atoms with van der Waals surface area (Å²) in [4.78, 5) is 0. The standard InChI is InChI=1S/C10H14BrNO/c1-7-3-4-9(13-6-5-12)8(2)10(7)11/h3-4H,5-6,12H2,1-2H3. The molecular formula is C10H14BrNO. The quantitative estimate of drug-likeness (QED) is 0.886. The average molecular weight is 244 g/mol. The molecule has 0 aliphatic carbocycles. The topological polar surface area (TPSA) is 35.2 Å². The van der Waals surface area contributed by atoms with Crippen molar-refractivity contribution in [2.24, 2.45) is 5.73 Å². The SMILES string of the molecule is Cc1ccc(OCCN)c(C)c1Br. The third-order valence-corrected chi connectivity index (χ3v) is 3.13. The second-order valence-electron chi connectivity index (χ2n) is 2.96. The minimum absolute atomic E-state index is 0.547. The Morgan fingerprint density at radius 3 is 2.69 bits per heavy atom. The van der Waals surface area contributed by atoms with Crippen LogP contribution in [0.4, 0.5) is 0 Å². The van der Waals surface area contributed by atoms with Crippen LogP contribution in [0.15, 0.2) is 16.6 Å². The number of nitrogens with two attached hydrogens (primary N) is 1. The Kier molecular flexibility index (Phi) is 3.75. The Hall–Kier alpha value is -0.540. The Bertz CT molecular complexity index is 299. The number of hydrogen-bond donors (Lipinski definition) is 1. The highest BCUT2D eigenvalue weighted by atomic mass is 79.9. The molecule has 1 aromatic rings. The molecule has 0 heterocycles. The minimum Gasteiger partial charge on any atom is -0.492 e.